The average molecular weight is 1020 g/mol. The molecule has 0 aromatic heterocycles. The molecule has 0 saturated carbocycles. The van der Waals surface area contributed by atoms with Crippen LogP contribution in [0.5, 0.6) is 0 Å². The molecule has 0 fully saturated rings. The summed E-state index contributed by atoms with van der Waals surface area (Å²) in [6.45, 7) is 0. The minimum absolute atomic E-state index is 0.550. The summed E-state index contributed by atoms with van der Waals surface area (Å²) in [4.78, 5) is 2.50. The Labute approximate surface area is 467 Å². The Bertz CT molecular complexity index is 4560. The summed E-state index contributed by atoms with van der Waals surface area (Å²) in [7, 11) is 0. The summed E-state index contributed by atoms with van der Waals surface area (Å²) in [6.07, 6.45) is 0. The van der Waals surface area contributed by atoms with Gasteiger partial charge in [-0.25, -0.2) is 0 Å². The minimum Gasteiger partial charge on any atom is -0.310 e. The van der Waals surface area contributed by atoms with Gasteiger partial charge in [0.15, 0.2) is 0 Å². The Balaban J connectivity index is 0.917. The highest BCUT2D eigenvalue weighted by molar-refractivity contribution is 6.22. The van der Waals surface area contributed by atoms with Gasteiger partial charge in [-0.3, -0.25) is 0 Å². The maximum atomic E-state index is 2.50. The lowest BCUT2D eigenvalue weighted by molar-refractivity contribution is 0.768. The van der Waals surface area contributed by atoms with Crippen molar-refractivity contribution in [3.63, 3.8) is 0 Å². The van der Waals surface area contributed by atoms with Crippen molar-refractivity contribution in [2.24, 2.45) is 0 Å². The van der Waals surface area contributed by atoms with Gasteiger partial charge < -0.3 is 4.90 Å². The quantitative estimate of drug-likeness (QED) is 0.123. The summed E-state index contributed by atoms with van der Waals surface area (Å²) in [5, 5.41) is 7.46. The van der Waals surface area contributed by atoms with E-state index in [0.717, 1.165) is 33.8 Å². The zero-order chi connectivity index (χ0) is 53.0. The first kappa shape index (κ1) is 46.9. The van der Waals surface area contributed by atoms with Crippen molar-refractivity contribution in [1.29, 1.82) is 0 Å². The van der Waals surface area contributed by atoms with Gasteiger partial charge in [-0.2, -0.15) is 0 Å². The standard InChI is InChI=1S/C79H53N/c1-5-22-58(23-6-1)76-70-34-16-15-33-68(70)69-50-47-63(53-72(69)77(76)59-24-7-2-8-25-59)61-27-19-32-67(52-61)80(66-48-45-56(46-49-66)55-39-41-57(42-40-55)62-44-43-54-21-13-14-26-60(54)51-62)75-38-20-37-74-78(75)71-35-17-18-36-73(71)79(74,64-28-9-3-10-29-64)65-30-11-4-12-31-65/h1-53H. The Kier molecular flexibility index (Phi) is 11.5. The van der Waals surface area contributed by atoms with Gasteiger partial charge in [-0.15, -0.1) is 0 Å². The minimum atomic E-state index is -0.550. The second-order valence-corrected chi connectivity index (χ2v) is 21.1. The smallest absolute Gasteiger partial charge is 0.0714 e. The highest BCUT2D eigenvalue weighted by Crippen LogP contribution is 2.60. The van der Waals surface area contributed by atoms with E-state index < -0.39 is 5.41 Å². The normalized spacial score (nSPS) is 12.3. The van der Waals surface area contributed by atoms with Crippen LogP contribution in [0.1, 0.15) is 22.3 Å². The number of hydrogen-bond acceptors (Lipinski definition) is 1. The highest BCUT2D eigenvalue weighted by Gasteiger charge is 2.47. The van der Waals surface area contributed by atoms with Gasteiger partial charge in [0.05, 0.1) is 11.1 Å². The average Bonchev–Trinajstić information content (AvgIpc) is 4.01. The lowest BCUT2D eigenvalue weighted by atomic mass is 9.68. The van der Waals surface area contributed by atoms with Gasteiger partial charge in [0.1, 0.15) is 0 Å². The van der Waals surface area contributed by atoms with E-state index in [2.05, 4.69) is 326 Å². The molecule has 0 radical (unpaired) electrons. The van der Waals surface area contributed by atoms with Gasteiger partial charge in [0, 0.05) is 16.9 Å². The summed E-state index contributed by atoms with van der Waals surface area (Å²) in [5.74, 6) is 0. The van der Waals surface area contributed by atoms with Gasteiger partial charge in [0.25, 0.3) is 0 Å². The summed E-state index contributed by atoms with van der Waals surface area (Å²) in [6, 6.07) is 119. The van der Waals surface area contributed by atoms with Crippen LogP contribution in [0.3, 0.4) is 0 Å². The van der Waals surface area contributed by atoms with Crippen LogP contribution in [0.15, 0.2) is 322 Å². The third-order valence-corrected chi connectivity index (χ3v) is 16.7. The molecule has 0 bridgehead atoms. The van der Waals surface area contributed by atoms with Gasteiger partial charge in [0.2, 0.25) is 0 Å². The highest BCUT2D eigenvalue weighted by atomic mass is 15.1. The molecule has 0 unspecified atom stereocenters. The Morgan fingerprint density at radius 3 is 1.38 bits per heavy atom. The van der Waals surface area contributed by atoms with E-state index in [1.807, 2.05) is 0 Å². The lowest BCUT2D eigenvalue weighted by Gasteiger charge is -2.34. The first-order valence-corrected chi connectivity index (χ1v) is 27.7. The van der Waals surface area contributed by atoms with Crippen LogP contribution in [0, 0.1) is 0 Å². The predicted molar refractivity (Wildman–Crippen MR) is 338 cm³/mol. The SMILES string of the molecule is c1ccc(-c2c(-c3ccccc3)c3cc(-c4cccc(N(c5ccc(-c6ccc(-c7ccc8ccccc8c7)cc6)cc5)c5cccc6c5-c5ccccc5C6(c5ccccc5)c5ccccc5)c4)ccc3c3ccccc23)cc1. The predicted octanol–water partition coefficient (Wildman–Crippen LogP) is 21.3. The molecule has 1 aliphatic carbocycles. The van der Waals surface area contributed by atoms with E-state index in [-0.39, 0.29) is 0 Å². The molecule has 1 heteroatoms. The third-order valence-electron chi connectivity index (χ3n) is 16.7. The number of hydrogen-bond donors (Lipinski definition) is 0. The van der Waals surface area contributed by atoms with Crippen LogP contribution in [0.2, 0.25) is 0 Å². The maximum absolute atomic E-state index is 2.50. The van der Waals surface area contributed by atoms with Crippen molar-refractivity contribution >= 4 is 49.4 Å². The largest absolute Gasteiger partial charge is 0.310 e. The topological polar surface area (TPSA) is 3.24 Å². The molecule has 1 nitrogen and oxygen atoms in total. The first-order chi connectivity index (χ1) is 39.7. The fraction of sp³-hybridized carbons (Fsp3) is 0.0127. The van der Waals surface area contributed by atoms with Crippen LogP contribution in [0.4, 0.5) is 17.1 Å². The Morgan fingerprint density at radius 1 is 0.225 bits per heavy atom. The summed E-state index contributed by atoms with van der Waals surface area (Å²) >= 11 is 0. The molecule has 0 amide bonds. The molecule has 374 valence electrons. The van der Waals surface area contributed by atoms with Crippen LogP contribution in [-0.2, 0) is 5.41 Å². The molecule has 0 aliphatic heterocycles. The number of anilines is 3. The molecule has 15 rings (SSSR count). The second-order valence-electron chi connectivity index (χ2n) is 21.1. The zero-order valence-electron chi connectivity index (χ0n) is 44.0. The second kappa shape index (κ2) is 19.6. The molecule has 0 heterocycles. The molecule has 1 aliphatic rings. The molecule has 0 N–H and O–H groups in total. The van der Waals surface area contributed by atoms with Crippen molar-refractivity contribution in [1.82, 2.24) is 0 Å². The first-order valence-electron chi connectivity index (χ1n) is 27.7. The van der Waals surface area contributed by atoms with Crippen LogP contribution >= 0.6 is 0 Å². The number of fused-ring (bicyclic) bond motifs is 7. The van der Waals surface area contributed by atoms with Crippen LogP contribution in [0.25, 0.3) is 99.1 Å². The van der Waals surface area contributed by atoms with Crippen LogP contribution in [-0.4, -0.2) is 0 Å². The van der Waals surface area contributed by atoms with Crippen LogP contribution < -0.4 is 4.90 Å². The molecule has 14 aromatic rings. The van der Waals surface area contributed by atoms with Crippen molar-refractivity contribution in [3.8, 4) is 66.8 Å². The Hall–Kier alpha value is -10.3. The molecule has 14 aromatic carbocycles. The molecule has 0 spiro atoms. The molecule has 0 atom stereocenters. The van der Waals surface area contributed by atoms with E-state index in [4.69, 9.17) is 0 Å². The monoisotopic (exact) mass is 1020 g/mol. The van der Waals surface area contributed by atoms with Crippen molar-refractivity contribution in [3.05, 3.63) is 344 Å². The molecular formula is C79H53N. The van der Waals surface area contributed by atoms with Gasteiger partial charge in [-0.05, 0) is 158 Å². The maximum Gasteiger partial charge on any atom is 0.0714 e. The lowest BCUT2D eigenvalue weighted by Crippen LogP contribution is -2.28. The van der Waals surface area contributed by atoms with Crippen molar-refractivity contribution in [2.45, 2.75) is 5.41 Å². The number of nitrogens with zero attached hydrogens (tertiary/aromatic N) is 1. The van der Waals surface area contributed by atoms with Crippen molar-refractivity contribution in [2.75, 3.05) is 4.90 Å². The number of benzene rings is 14. The van der Waals surface area contributed by atoms with E-state index in [9.17, 15) is 0 Å². The van der Waals surface area contributed by atoms with E-state index in [1.165, 1.54) is 105 Å². The van der Waals surface area contributed by atoms with Gasteiger partial charge >= 0.3 is 0 Å². The van der Waals surface area contributed by atoms with E-state index in [1.54, 1.807) is 0 Å². The van der Waals surface area contributed by atoms with E-state index >= 15 is 0 Å². The Morgan fingerprint density at radius 2 is 0.688 bits per heavy atom. The number of rotatable bonds is 10. The molecule has 0 saturated heterocycles. The van der Waals surface area contributed by atoms with E-state index in [0.29, 0.717) is 0 Å². The summed E-state index contributed by atoms with van der Waals surface area (Å²) < 4.78 is 0. The van der Waals surface area contributed by atoms with Gasteiger partial charge in [-0.1, -0.05) is 279 Å². The third kappa shape index (κ3) is 7.77. The molecule has 80 heavy (non-hydrogen) atoms. The zero-order valence-corrected chi connectivity index (χ0v) is 44.0. The fourth-order valence-electron chi connectivity index (χ4n) is 13.1. The fourth-order valence-corrected chi connectivity index (χ4v) is 13.1. The van der Waals surface area contributed by atoms with Crippen molar-refractivity contribution < 1.29 is 0 Å². The molecular weight excluding hydrogens is 963 g/mol. The summed E-state index contributed by atoms with van der Waals surface area (Å²) in [5.41, 5.74) is 22.2.